The van der Waals surface area contributed by atoms with E-state index in [-0.39, 0.29) is 0 Å². The molecule has 0 radical (unpaired) electrons. The topological polar surface area (TPSA) is 41.8 Å². The van der Waals surface area contributed by atoms with Gasteiger partial charge in [-0.2, -0.15) is 4.98 Å². The average molecular weight is 1050 g/mol. The maximum absolute atomic E-state index is 6.23. The summed E-state index contributed by atoms with van der Waals surface area (Å²) in [5, 5.41) is 12.6. The Kier molecular flexibility index (Phi) is 9.99. The van der Waals surface area contributed by atoms with Crippen LogP contribution in [-0.2, 0) is 6.61 Å². The van der Waals surface area contributed by atoms with Gasteiger partial charge in [-0.25, -0.2) is 0 Å². The van der Waals surface area contributed by atoms with E-state index in [0.29, 0.717) is 12.6 Å². The largest absolute Gasteiger partial charge is 0.459 e. The summed E-state index contributed by atoms with van der Waals surface area (Å²) in [5.74, 6) is 0. The second kappa shape index (κ2) is 17.8. The number of nitrogens with zero attached hydrogens (tertiary/aromatic N) is 5. The highest BCUT2D eigenvalue weighted by Crippen LogP contribution is 2.40. The Morgan fingerprint density at radius 2 is 0.728 bits per heavy atom. The fraction of sp³-hybridized carbons (Fsp3) is 0.0135. The SMILES string of the molecule is c1ccc([Si](c2ccccc2)(c2cccc(-c3ccc4c(c3)-n3c(nc5ccccc53)OC4)c2)c2cccc(-n3c4ccc(-n5c6ccccc6c6ccccc65)cc4c4cc(-n5c6ccccc6c6ccccc65)ccc43)c2)cc1. The standard InChI is InChI=1S/C74H49N5OSi/c1-3-21-55(22-4-1)81(56-23-5-2-6-24-56,57-25-17-19-49(43-57)50-37-38-51-48-80-74-75-65-31-11-16-36-72(65)79(74)73(51)44-50)58-26-18-20-52(45-58)76-70-41-39-53(77-66-32-12-7-27-59(66)60-28-8-13-33-67(60)77)46-63(70)64-47-54(40-42-71(64)76)78-68-34-14-9-29-61(68)62-30-10-15-35-69(62)78/h1-47H,48H2. The number of hydrogen-bond acceptors (Lipinski definition) is 2. The Hall–Kier alpha value is -10.5. The van der Waals surface area contributed by atoms with E-state index in [1.54, 1.807) is 0 Å². The molecule has 7 heteroatoms. The van der Waals surface area contributed by atoms with Crippen LogP contribution in [0.4, 0.5) is 0 Å². The minimum absolute atomic E-state index is 0.477. The Morgan fingerprint density at radius 1 is 0.296 bits per heavy atom. The normalized spacial score (nSPS) is 12.5. The Morgan fingerprint density at radius 3 is 1.28 bits per heavy atom. The molecule has 0 spiro atoms. The van der Waals surface area contributed by atoms with E-state index >= 15 is 0 Å². The Labute approximate surface area is 467 Å². The number of rotatable bonds is 8. The molecule has 0 saturated heterocycles. The van der Waals surface area contributed by atoms with Gasteiger partial charge in [-0.3, -0.25) is 4.57 Å². The quantitative estimate of drug-likeness (QED) is 0.112. The van der Waals surface area contributed by atoms with Crippen LogP contribution in [0.15, 0.2) is 285 Å². The third-order valence-corrected chi connectivity index (χ3v) is 22.0. The van der Waals surface area contributed by atoms with Crippen molar-refractivity contribution in [3.63, 3.8) is 0 Å². The number of imidazole rings is 1. The molecular weight excluding hydrogens is 1000 g/mol. The molecule has 4 aromatic heterocycles. The van der Waals surface area contributed by atoms with Crippen molar-refractivity contribution in [3.8, 4) is 39.9 Å². The molecule has 0 N–H and O–H groups in total. The van der Waals surface area contributed by atoms with E-state index in [2.05, 4.69) is 297 Å². The fourth-order valence-electron chi connectivity index (χ4n) is 13.7. The second-order valence-electron chi connectivity index (χ2n) is 21.4. The molecule has 16 aromatic rings. The lowest BCUT2D eigenvalue weighted by Gasteiger charge is -2.35. The lowest BCUT2D eigenvalue weighted by atomic mass is 10.0. The van der Waals surface area contributed by atoms with Crippen molar-refractivity contribution in [2.75, 3.05) is 0 Å². The molecule has 1 aliphatic rings. The molecule has 0 bridgehead atoms. The van der Waals surface area contributed by atoms with E-state index in [4.69, 9.17) is 9.72 Å². The maximum atomic E-state index is 6.23. The number of hydrogen-bond donors (Lipinski definition) is 0. The van der Waals surface area contributed by atoms with Gasteiger partial charge >= 0.3 is 6.01 Å². The van der Waals surface area contributed by atoms with Crippen molar-refractivity contribution in [1.82, 2.24) is 23.3 Å². The van der Waals surface area contributed by atoms with Gasteiger partial charge in [0.1, 0.15) is 6.61 Å². The smallest absolute Gasteiger partial charge is 0.302 e. The lowest BCUT2D eigenvalue weighted by molar-refractivity contribution is 0.266. The first-order valence-electron chi connectivity index (χ1n) is 27.8. The second-order valence-corrected chi connectivity index (χ2v) is 25.3. The van der Waals surface area contributed by atoms with Crippen LogP contribution in [0.3, 0.4) is 0 Å². The number of benzene rings is 12. The third-order valence-electron chi connectivity index (χ3n) is 17.2. The van der Waals surface area contributed by atoms with Gasteiger partial charge in [-0.05, 0) is 123 Å². The zero-order valence-electron chi connectivity index (χ0n) is 44.0. The summed E-state index contributed by atoms with van der Waals surface area (Å²) < 4.78 is 15.8. The summed E-state index contributed by atoms with van der Waals surface area (Å²) in [6, 6.07) is 106. The Balaban J connectivity index is 0.896. The first kappa shape index (κ1) is 45.5. The van der Waals surface area contributed by atoms with Gasteiger partial charge < -0.3 is 18.4 Å². The van der Waals surface area contributed by atoms with Crippen LogP contribution in [0.25, 0.3) is 110 Å². The van der Waals surface area contributed by atoms with E-state index in [1.807, 2.05) is 6.07 Å². The van der Waals surface area contributed by atoms with Crippen LogP contribution in [0, 0.1) is 0 Å². The van der Waals surface area contributed by atoms with Crippen LogP contribution < -0.4 is 25.5 Å². The number of para-hydroxylation sites is 6. The first-order valence-corrected chi connectivity index (χ1v) is 29.8. The van der Waals surface area contributed by atoms with Crippen molar-refractivity contribution in [2.24, 2.45) is 0 Å². The van der Waals surface area contributed by atoms with Gasteiger partial charge in [0.05, 0.1) is 49.8 Å². The van der Waals surface area contributed by atoms with E-state index in [1.165, 1.54) is 75.1 Å². The minimum Gasteiger partial charge on any atom is -0.459 e. The summed E-state index contributed by atoms with van der Waals surface area (Å²) in [4.78, 5) is 4.87. The van der Waals surface area contributed by atoms with E-state index < -0.39 is 8.07 Å². The van der Waals surface area contributed by atoms with Crippen LogP contribution in [0.2, 0.25) is 0 Å². The molecule has 0 fully saturated rings. The van der Waals surface area contributed by atoms with Crippen molar-refractivity contribution in [2.45, 2.75) is 6.61 Å². The van der Waals surface area contributed by atoms with Gasteiger partial charge in [0.2, 0.25) is 0 Å². The molecule has 17 rings (SSSR count). The molecule has 6 nitrogen and oxygen atoms in total. The third kappa shape index (κ3) is 6.76. The van der Waals surface area contributed by atoms with Crippen molar-refractivity contribution >= 4 is 105 Å². The number of aromatic nitrogens is 5. The highest BCUT2D eigenvalue weighted by Gasteiger charge is 2.42. The van der Waals surface area contributed by atoms with Gasteiger partial charge in [0, 0.05) is 54.9 Å². The van der Waals surface area contributed by atoms with Crippen LogP contribution in [0.5, 0.6) is 6.01 Å². The summed E-state index contributed by atoms with van der Waals surface area (Å²) in [5.41, 5.74) is 16.9. The predicted octanol–water partition coefficient (Wildman–Crippen LogP) is 15.3. The van der Waals surface area contributed by atoms with Gasteiger partial charge in [0.15, 0.2) is 8.07 Å². The van der Waals surface area contributed by atoms with Crippen LogP contribution >= 0.6 is 0 Å². The first-order chi connectivity index (χ1) is 40.2. The number of ether oxygens (including phenoxy) is 1. The van der Waals surface area contributed by atoms with E-state index in [0.717, 1.165) is 61.5 Å². The lowest BCUT2D eigenvalue weighted by Crippen LogP contribution is -2.74. The molecule has 0 amide bonds. The highest BCUT2D eigenvalue weighted by molar-refractivity contribution is 7.20. The Bertz CT molecular complexity index is 4880. The zero-order chi connectivity index (χ0) is 53.2. The van der Waals surface area contributed by atoms with Crippen LogP contribution in [0.1, 0.15) is 5.56 Å². The summed E-state index contributed by atoms with van der Waals surface area (Å²) in [7, 11) is -3.11. The minimum atomic E-state index is -3.11. The van der Waals surface area contributed by atoms with Gasteiger partial charge in [-0.15, -0.1) is 0 Å². The highest BCUT2D eigenvalue weighted by atomic mass is 28.3. The predicted molar refractivity (Wildman–Crippen MR) is 337 cm³/mol. The maximum Gasteiger partial charge on any atom is 0.302 e. The molecule has 0 aliphatic carbocycles. The van der Waals surface area contributed by atoms with Gasteiger partial charge in [0.25, 0.3) is 0 Å². The molecule has 12 aromatic carbocycles. The zero-order valence-corrected chi connectivity index (χ0v) is 45.0. The summed E-state index contributed by atoms with van der Waals surface area (Å²) in [6.45, 7) is 0.477. The fourth-order valence-corrected chi connectivity index (χ4v) is 18.5. The van der Waals surface area contributed by atoms with Crippen molar-refractivity contribution in [1.29, 1.82) is 0 Å². The molecule has 380 valence electrons. The summed E-state index contributed by atoms with van der Waals surface area (Å²) in [6.07, 6.45) is 0. The molecule has 5 heterocycles. The van der Waals surface area contributed by atoms with E-state index in [9.17, 15) is 0 Å². The molecule has 81 heavy (non-hydrogen) atoms. The molecule has 0 saturated carbocycles. The molecule has 1 aliphatic heterocycles. The molecule has 0 unspecified atom stereocenters. The van der Waals surface area contributed by atoms with Gasteiger partial charge in [-0.1, -0.05) is 194 Å². The number of fused-ring (bicyclic) bond motifs is 14. The van der Waals surface area contributed by atoms with Crippen molar-refractivity contribution < 1.29 is 4.74 Å². The monoisotopic (exact) mass is 1050 g/mol. The molecular formula is C74H49N5OSi. The molecule has 0 atom stereocenters. The summed E-state index contributed by atoms with van der Waals surface area (Å²) >= 11 is 0. The average Bonchev–Trinajstić information content (AvgIpc) is 4.44. The van der Waals surface area contributed by atoms with Crippen molar-refractivity contribution in [3.05, 3.63) is 291 Å². The van der Waals surface area contributed by atoms with Crippen LogP contribution in [-0.4, -0.2) is 31.3 Å².